The number of hydrogen-bond acceptors (Lipinski definition) is 3. The molecular weight excluding hydrogens is 230 g/mol. The third-order valence-corrected chi connectivity index (χ3v) is 2.92. The average molecular weight is 251 g/mol. The van der Waals surface area contributed by atoms with Crippen LogP contribution in [-0.2, 0) is 4.79 Å². The number of rotatable bonds is 7. The Kier molecular flexibility index (Phi) is 5.65. The van der Waals surface area contributed by atoms with E-state index in [9.17, 15) is 4.79 Å². The molecule has 4 nitrogen and oxygen atoms in total. The molecule has 2 atom stereocenters. The van der Waals surface area contributed by atoms with Gasteiger partial charge in [-0.3, -0.25) is 10.1 Å². The summed E-state index contributed by atoms with van der Waals surface area (Å²) in [7, 11) is 1.62. The molecule has 4 heteroatoms. The molecular formula is C14H21NO3. The SMILES string of the molecule is CCCC(NC(C)c1cccc(OC)c1)C(=O)O. The van der Waals surface area contributed by atoms with Crippen molar-refractivity contribution in [2.75, 3.05) is 7.11 Å². The number of ether oxygens (including phenoxy) is 1. The van der Waals surface area contributed by atoms with Crippen molar-refractivity contribution in [2.24, 2.45) is 0 Å². The van der Waals surface area contributed by atoms with Crippen LogP contribution in [0.25, 0.3) is 0 Å². The van der Waals surface area contributed by atoms with Gasteiger partial charge in [0.1, 0.15) is 11.8 Å². The highest BCUT2D eigenvalue weighted by molar-refractivity contribution is 5.73. The lowest BCUT2D eigenvalue weighted by Gasteiger charge is -2.20. The third-order valence-electron chi connectivity index (χ3n) is 2.92. The molecule has 2 unspecified atom stereocenters. The normalized spacial score (nSPS) is 13.9. The zero-order valence-electron chi connectivity index (χ0n) is 11.1. The second-order valence-corrected chi connectivity index (χ2v) is 4.34. The quantitative estimate of drug-likeness (QED) is 0.782. The minimum absolute atomic E-state index is 0.0206. The highest BCUT2D eigenvalue weighted by Crippen LogP contribution is 2.19. The number of hydrogen-bond donors (Lipinski definition) is 2. The summed E-state index contributed by atoms with van der Waals surface area (Å²) in [4.78, 5) is 11.1. The first-order chi connectivity index (χ1) is 8.58. The van der Waals surface area contributed by atoms with Crippen molar-refractivity contribution in [1.82, 2.24) is 5.32 Å². The summed E-state index contributed by atoms with van der Waals surface area (Å²) in [6, 6.07) is 7.14. The molecule has 0 aromatic heterocycles. The lowest BCUT2D eigenvalue weighted by Crippen LogP contribution is -2.38. The van der Waals surface area contributed by atoms with Gasteiger partial charge in [0.2, 0.25) is 0 Å². The Morgan fingerprint density at radius 2 is 2.22 bits per heavy atom. The fourth-order valence-electron chi connectivity index (χ4n) is 1.88. The molecule has 1 aromatic carbocycles. The first kappa shape index (κ1) is 14.5. The lowest BCUT2D eigenvalue weighted by molar-refractivity contribution is -0.139. The monoisotopic (exact) mass is 251 g/mol. The number of aliphatic carboxylic acids is 1. The van der Waals surface area contributed by atoms with Crippen LogP contribution in [0.4, 0.5) is 0 Å². The predicted molar refractivity (Wildman–Crippen MR) is 70.9 cm³/mol. The summed E-state index contributed by atoms with van der Waals surface area (Å²) in [6.07, 6.45) is 1.47. The molecule has 0 saturated carbocycles. The van der Waals surface area contributed by atoms with Crippen molar-refractivity contribution in [3.8, 4) is 5.75 Å². The molecule has 0 heterocycles. The van der Waals surface area contributed by atoms with Crippen molar-refractivity contribution in [3.05, 3.63) is 29.8 Å². The predicted octanol–water partition coefficient (Wildman–Crippen LogP) is 2.60. The van der Waals surface area contributed by atoms with Gasteiger partial charge < -0.3 is 9.84 Å². The van der Waals surface area contributed by atoms with Crippen LogP contribution >= 0.6 is 0 Å². The van der Waals surface area contributed by atoms with E-state index >= 15 is 0 Å². The van der Waals surface area contributed by atoms with Gasteiger partial charge in [0, 0.05) is 6.04 Å². The highest BCUT2D eigenvalue weighted by atomic mass is 16.5. The molecule has 0 spiro atoms. The molecule has 0 bridgehead atoms. The van der Waals surface area contributed by atoms with Crippen molar-refractivity contribution in [1.29, 1.82) is 0 Å². The van der Waals surface area contributed by atoms with Crippen LogP contribution < -0.4 is 10.1 Å². The van der Waals surface area contributed by atoms with Crippen LogP contribution in [0.1, 0.15) is 38.3 Å². The van der Waals surface area contributed by atoms with Gasteiger partial charge in [0.05, 0.1) is 7.11 Å². The van der Waals surface area contributed by atoms with Gasteiger partial charge in [0.15, 0.2) is 0 Å². The van der Waals surface area contributed by atoms with Crippen molar-refractivity contribution in [2.45, 2.75) is 38.8 Å². The van der Waals surface area contributed by atoms with E-state index in [1.165, 1.54) is 0 Å². The molecule has 1 rings (SSSR count). The summed E-state index contributed by atoms with van der Waals surface area (Å²) >= 11 is 0. The van der Waals surface area contributed by atoms with Gasteiger partial charge in [-0.05, 0) is 31.0 Å². The maximum absolute atomic E-state index is 11.1. The van der Waals surface area contributed by atoms with Gasteiger partial charge >= 0.3 is 5.97 Å². The second-order valence-electron chi connectivity index (χ2n) is 4.34. The summed E-state index contributed by atoms with van der Waals surface area (Å²) in [5, 5.41) is 12.2. The molecule has 2 N–H and O–H groups in total. The van der Waals surface area contributed by atoms with E-state index in [0.29, 0.717) is 6.42 Å². The van der Waals surface area contributed by atoms with Gasteiger partial charge in [-0.25, -0.2) is 0 Å². The summed E-state index contributed by atoms with van der Waals surface area (Å²) in [5.74, 6) is -0.0184. The number of carbonyl (C=O) groups is 1. The number of nitrogens with one attached hydrogen (secondary N) is 1. The summed E-state index contributed by atoms with van der Waals surface area (Å²) in [6.45, 7) is 3.94. The molecule has 18 heavy (non-hydrogen) atoms. The van der Waals surface area contributed by atoms with Crippen molar-refractivity contribution < 1.29 is 14.6 Å². The van der Waals surface area contributed by atoms with Crippen LogP contribution in [0.2, 0.25) is 0 Å². The van der Waals surface area contributed by atoms with E-state index in [4.69, 9.17) is 9.84 Å². The first-order valence-corrected chi connectivity index (χ1v) is 6.21. The largest absolute Gasteiger partial charge is 0.497 e. The Bertz CT molecular complexity index is 392. The van der Waals surface area contributed by atoms with Crippen molar-refractivity contribution in [3.63, 3.8) is 0 Å². The van der Waals surface area contributed by atoms with Gasteiger partial charge in [0.25, 0.3) is 0 Å². The van der Waals surface area contributed by atoms with Gasteiger partial charge in [-0.15, -0.1) is 0 Å². The Balaban J connectivity index is 2.73. The highest BCUT2D eigenvalue weighted by Gasteiger charge is 2.19. The molecule has 1 aromatic rings. The first-order valence-electron chi connectivity index (χ1n) is 6.21. The molecule has 0 fully saturated rings. The van der Waals surface area contributed by atoms with E-state index in [2.05, 4.69) is 5.32 Å². The molecule has 0 aliphatic rings. The van der Waals surface area contributed by atoms with E-state index in [1.807, 2.05) is 38.1 Å². The molecule has 0 saturated heterocycles. The Hall–Kier alpha value is -1.55. The van der Waals surface area contributed by atoms with Crippen molar-refractivity contribution >= 4 is 5.97 Å². The standard InChI is InChI=1S/C14H21NO3/c1-4-6-13(14(16)17)15-10(2)11-7-5-8-12(9-11)18-3/h5,7-10,13,15H,4,6H2,1-3H3,(H,16,17). The second kappa shape index (κ2) is 7.01. The zero-order valence-corrected chi connectivity index (χ0v) is 11.1. The average Bonchev–Trinajstić information content (AvgIpc) is 2.38. The van der Waals surface area contributed by atoms with E-state index < -0.39 is 12.0 Å². The maximum Gasteiger partial charge on any atom is 0.320 e. The van der Waals surface area contributed by atoms with E-state index in [-0.39, 0.29) is 6.04 Å². The van der Waals surface area contributed by atoms with Crippen LogP contribution in [0.5, 0.6) is 5.75 Å². The molecule has 0 aliphatic heterocycles. The number of benzene rings is 1. The van der Waals surface area contributed by atoms with Gasteiger partial charge in [-0.1, -0.05) is 25.5 Å². The number of methoxy groups -OCH3 is 1. The minimum atomic E-state index is -0.799. The number of carboxylic acid groups (broad SMARTS) is 1. The number of carboxylic acids is 1. The lowest BCUT2D eigenvalue weighted by atomic mass is 10.1. The molecule has 0 amide bonds. The zero-order chi connectivity index (χ0) is 13.5. The summed E-state index contributed by atoms with van der Waals surface area (Å²) in [5.41, 5.74) is 1.02. The smallest absolute Gasteiger partial charge is 0.320 e. The topological polar surface area (TPSA) is 58.6 Å². The fraction of sp³-hybridized carbons (Fsp3) is 0.500. The van der Waals surface area contributed by atoms with E-state index in [0.717, 1.165) is 17.7 Å². The summed E-state index contributed by atoms with van der Waals surface area (Å²) < 4.78 is 5.16. The van der Waals surface area contributed by atoms with Crippen LogP contribution in [0.3, 0.4) is 0 Å². The molecule has 100 valence electrons. The third kappa shape index (κ3) is 4.04. The Morgan fingerprint density at radius 1 is 1.50 bits per heavy atom. The van der Waals surface area contributed by atoms with Crippen LogP contribution in [0.15, 0.2) is 24.3 Å². The maximum atomic E-state index is 11.1. The van der Waals surface area contributed by atoms with E-state index in [1.54, 1.807) is 7.11 Å². The fourth-order valence-corrected chi connectivity index (χ4v) is 1.88. The van der Waals surface area contributed by atoms with Crippen LogP contribution in [-0.4, -0.2) is 24.2 Å². The van der Waals surface area contributed by atoms with Gasteiger partial charge in [-0.2, -0.15) is 0 Å². The Morgan fingerprint density at radius 3 is 2.78 bits per heavy atom. The molecule has 0 aliphatic carbocycles. The van der Waals surface area contributed by atoms with Crippen LogP contribution in [0, 0.1) is 0 Å². The minimum Gasteiger partial charge on any atom is -0.497 e. The Labute approximate surface area is 108 Å². The molecule has 0 radical (unpaired) electrons.